The Morgan fingerprint density at radius 1 is 1.59 bits per heavy atom. The molecule has 0 aliphatic carbocycles. The van der Waals surface area contributed by atoms with Gasteiger partial charge in [0.1, 0.15) is 0 Å². The second kappa shape index (κ2) is 5.65. The van der Waals surface area contributed by atoms with Gasteiger partial charge in [0.05, 0.1) is 6.10 Å². The van der Waals surface area contributed by atoms with Crippen LogP contribution in [0.5, 0.6) is 0 Å². The topological polar surface area (TPSA) is 38.3 Å². The smallest absolute Gasteiger partial charge is 0.251 e. The first-order valence-electron chi connectivity index (χ1n) is 5.83. The number of aryl methyl sites for hydroxylation is 1. The van der Waals surface area contributed by atoms with Crippen LogP contribution < -0.4 is 5.32 Å². The van der Waals surface area contributed by atoms with E-state index < -0.39 is 0 Å². The summed E-state index contributed by atoms with van der Waals surface area (Å²) in [5.41, 5.74) is 1.70. The van der Waals surface area contributed by atoms with Crippen LogP contribution in [0.4, 0.5) is 0 Å². The molecule has 0 saturated carbocycles. The summed E-state index contributed by atoms with van der Waals surface area (Å²) in [6.45, 7) is 3.36. The molecule has 1 unspecified atom stereocenters. The van der Waals surface area contributed by atoms with Crippen molar-refractivity contribution < 1.29 is 9.53 Å². The molecule has 92 valence electrons. The highest BCUT2D eigenvalue weighted by molar-refractivity contribution is 9.10. The van der Waals surface area contributed by atoms with Crippen LogP contribution in [0.2, 0.25) is 0 Å². The summed E-state index contributed by atoms with van der Waals surface area (Å²) in [7, 11) is 0. The highest BCUT2D eigenvalue weighted by Crippen LogP contribution is 2.16. The lowest BCUT2D eigenvalue weighted by Gasteiger charge is -2.12. The van der Waals surface area contributed by atoms with E-state index in [4.69, 9.17) is 4.74 Å². The largest absolute Gasteiger partial charge is 0.376 e. The molecule has 1 aromatic rings. The van der Waals surface area contributed by atoms with Gasteiger partial charge >= 0.3 is 0 Å². The van der Waals surface area contributed by atoms with Gasteiger partial charge < -0.3 is 10.1 Å². The lowest BCUT2D eigenvalue weighted by molar-refractivity contribution is 0.0857. The van der Waals surface area contributed by atoms with Crippen LogP contribution >= 0.6 is 15.9 Å². The number of amides is 1. The Labute approximate surface area is 110 Å². The van der Waals surface area contributed by atoms with Crippen LogP contribution in [0.3, 0.4) is 0 Å². The van der Waals surface area contributed by atoms with E-state index in [-0.39, 0.29) is 12.0 Å². The van der Waals surface area contributed by atoms with Gasteiger partial charge in [-0.1, -0.05) is 22.0 Å². The molecule has 1 fully saturated rings. The van der Waals surface area contributed by atoms with Crippen molar-refractivity contribution in [2.75, 3.05) is 13.2 Å². The van der Waals surface area contributed by atoms with Crippen molar-refractivity contribution in [3.63, 3.8) is 0 Å². The van der Waals surface area contributed by atoms with E-state index in [1.54, 1.807) is 0 Å². The Morgan fingerprint density at radius 3 is 3.12 bits per heavy atom. The number of carbonyl (C=O) groups excluding carboxylic acids is 1. The zero-order chi connectivity index (χ0) is 12.3. The summed E-state index contributed by atoms with van der Waals surface area (Å²) in [4.78, 5) is 12.0. The van der Waals surface area contributed by atoms with Crippen molar-refractivity contribution in [1.82, 2.24) is 5.32 Å². The molecule has 4 heteroatoms. The molecular weight excluding hydrogens is 282 g/mol. The van der Waals surface area contributed by atoms with E-state index in [9.17, 15) is 4.79 Å². The van der Waals surface area contributed by atoms with Gasteiger partial charge in [-0.25, -0.2) is 0 Å². The normalized spacial score (nSPS) is 19.3. The van der Waals surface area contributed by atoms with Crippen LogP contribution in [0.25, 0.3) is 0 Å². The SMILES string of the molecule is Cc1ccc(Br)cc1C(=O)NCC1CCCO1. The van der Waals surface area contributed by atoms with Crippen molar-refractivity contribution in [1.29, 1.82) is 0 Å². The van der Waals surface area contributed by atoms with Crippen LogP contribution in [-0.4, -0.2) is 25.2 Å². The van der Waals surface area contributed by atoms with Gasteiger partial charge in [-0.05, 0) is 37.5 Å². The molecule has 1 atom stereocenters. The maximum absolute atomic E-state index is 12.0. The second-order valence-electron chi connectivity index (χ2n) is 4.30. The molecular formula is C13H16BrNO2. The summed E-state index contributed by atoms with van der Waals surface area (Å²) >= 11 is 3.38. The molecule has 0 bridgehead atoms. The molecule has 17 heavy (non-hydrogen) atoms. The number of benzene rings is 1. The van der Waals surface area contributed by atoms with Crippen LogP contribution in [0.1, 0.15) is 28.8 Å². The van der Waals surface area contributed by atoms with E-state index in [2.05, 4.69) is 21.2 Å². The number of nitrogens with one attached hydrogen (secondary N) is 1. The number of ether oxygens (including phenoxy) is 1. The number of carbonyl (C=O) groups is 1. The van der Waals surface area contributed by atoms with Crippen molar-refractivity contribution in [2.45, 2.75) is 25.9 Å². The van der Waals surface area contributed by atoms with Crippen molar-refractivity contribution in [2.24, 2.45) is 0 Å². The van der Waals surface area contributed by atoms with Gasteiger partial charge in [-0.3, -0.25) is 4.79 Å². The first kappa shape index (κ1) is 12.6. The number of hydrogen-bond acceptors (Lipinski definition) is 2. The monoisotopic (exact) mass is 297 g/mol. The third-order valence-electron chi connectivity index (χ3n) is 2.96. The van der Waals surface area contributed by atoms with Gasteiger partial charge in [0.15, 0.2) is 0 Å². The molecule has 1 amide bonds. The van der Waals surface area contributed by atoms with Gasteiger partial charge in [-0.2, -0.15) is 0 Å². The Hall–Kier alpha value is -0.870. The van der Waals surface area contributed by atoms with Crippen molar-refractivity contribution >= 4 is 21.8 Å². The molecule has 1 aromatic carbocycles. The minimum Gasteiger partial charge on any atom is -0.376 e. The average molecular weight is 298 g/mol. The minimum absolute atomic E-state index is 0.0284. The van der Waals surface area contributed by atoms with Gasteiger partial charge in [0, 0.05) is 23.2 Å². The standard InChI is InChI=1S/C13H16BrNO2/c1-9-4-5-10(14)7-12(9)13(16)15-8-11-3-2-6-17-11/h4-5,7,11H,2-3,6,8H2,1H3,(H,15,16). The Morgan fingerprint density at radius 2 is 2.41 bits per heavy atom. The average Bonchev–Trinajstić information content (AvgIpc) is 2.82. The van der Waals surface area contributed by atoms with E-state index in [0.29, 0.717) is 6.54 Å². The maximum Gasteiger partial charge on any atom is 0.251 e. The highest BCUT2D eigenvalue weighted by atomic mass is 79.9. The molecule has 0 spiro atoms. The molecule has 1 aliphatic heterocycles. The Balaban J connectivity index is 1.96. The highest BCUT2D eigenvalue weighted by Gasteiger charge is 2.17. The Kier molecular flexibility index (Phi) is 4.18. The molecule has 1 aliphatic rings. The van der Waals surface area contributed by atoms with Gasteiger partial charge in [0.2, 0.25) is 0 Å². The summed E-state index contributed by atoms with van der Waals surface area (Å²) in [6.07, 6.45) is 2.32. The molecule has 3 nitrogen and oxygen atoms in total. The van der Waals surface area contributed by atoms with Crippen molar-refractivity contribution in [3.8, 4) is 0 Å². The molecule has 1 saturated heterocycles. The molecule has 0 radical (unpaired) electrons. The Bertz CT molecular complexity index is 414. The number of halogens is 1. The second-order valence-corrected chi connectivity index (χ2v) is 5.22. The summed E-state index contributed by atoms with van der Waals surface area (Å²) < 4.78 is 6.39. The lowest BCUT2D eigenvalue weighted by atomic mass is 10.1. The summed E-state index contributed by atoms with van der Waals surface area (Å²) in [5, 5.41) is 2.92. The van der Waals surface area contributed by atoms with Gasteiger partial charge in [-0.15, -0.1) is 0 Å². The fourth-order valence-corrected chi connectivity index (χ4v) is 2.31. The van der Waals surface area contributed by atoms with Crippen LogP contribution in [0, 0.1) is 6.92 Å². The molecule has 0 aromatic heterocycles. The zero-order valence-corrected chi connectivity index (χ0v) is 11.4. The molecule has 2 rings (SSSR count). The molecule has 1 N–H and O–H groups in total. The van der Waals surface area contributed by atoms with E-state index in [1.165, 1.54) is 0 Å². The first-order valence-corrected chi connectivity index (χ1v) is 6.62. The van der Waals surface area contributed by atoms with E-state index in [1.807, 2.05) is 25.1 Å². The van der Waals surface area contributed by atoms with E-state index in [0.717, 1.165) is 35.0 Å². The lowest BCUT2D eigenvalue weighted by Crippen LogP contribution is -2.32. The fourth-order valence-electron chi connectivity index (χ4n) is 1.95. The van der Waals surface area contributed by atoms with E-state index >= 15 is 0 Å². The quantitative estimate of drug-likeness (QED) is 0.931. The van der Waals surface area contributed by atoms with Crippen molar-refractivity contribution in [3.05, 3.63) is 33.8 Å². The van der Waals surface area contributed by atoms with Gasteiger partial charge in [0.25, 0.3) is 5.91 Å². The van der Waals surface area contributed by atoms with Crippen LogP contribution in [0.15, 0.2) is 22.7 Å². The third-order valence-corrected chi connectivity index (χ3v) is 3.45. The fraction of sp³-hybridized carbons (Fsp3) is 0.462. The summed E-state index contributed by atoms with van der Waals surface area (Å²) in [5.74, 6) is -0.0284. The number of rotatable bonds is 3. The summed E-state index contributed by atoms with van der Waals surface area (Å²) in [6, 6.07) is 5.72. The van der Waals surface area contributed by atoms with Crippen LogP contribution in [-0.2, 0) is 4.74 Å². The molecule has 1 heterocycles. The zero-order valence-electron chi connectivity index (χ0n) is 9.83. The first-order chi connectivity index (χ1) is 8.16. The predicted octanol–water partition coefficient (Wildman–Crippen LogP) is 2.67. The maximum atomic E-state index is 12.0. The number of hydrogen-bond donors (Lipinski definition) is 1. The predicted molar refractivity (Wildman–Crippen MR) is 70.2 cm³/mol. The minimum atomic E-state index is -0.0284. The third kappa shape index (κ3) is 3.30.